The van der Waals surface area contributed by atoms with Gasteiger partial charge >= 0.3 is 0 Å². The van der Waals surface area contributed by atoms with Crippen molar-refractivity contribution in [1.82, 2.24) is 0 Å². The van der Waals surface area contributed by atoms with Crippen LogP contribution in [0.15, 0.2) is 16.6 Å². The lowest BCUT2D eigenvalue weighted by Crippen LogP contribution is -2.07. The van der Waals surface area contributed by atoms with Gasteiger partial charge in [0.05, 0.1) is 17.7 Å². The van der Waals surface area contributed by atoms with E-state index in [1.54, 1.807) is 7.11 Å². The Kier molecular flexibility index (Phi) is 3.81. The number of rotatable bonds is 3. The summed E-state index contributed by atoms with van der Waals surface area (Å²) in [6, 6.07) is 3.97. The first-order valence-corrected chi connectivity index (χ1v) is 5.34. The highest BCUT2D eigenvalue weighted by atomic mass is 79.9. The van der Waals surface area contributed by atoms with Crippen molar-refractivity contribution in [2.45, 2.75) is 26.9 Å². The average Bonchev–Trinajstić information content (AvgIpc) is 2.08. The van der Waals surface area contributed by atoms with Crippen LogP contribution in [0.3, 0.4) is 0 Å². The summed E-state index contributed by atoms with van der Waals surface area (Å²) in [7, 11) is 1.65. The summed E-state index contributed by atoms with van der Waals surface area (Å²) >= 11 is 3.46. The molecule has 0 radical (unpaired) electrons. The van der Waals surface area contributed by atoms with Crippen molar-refractivity contribution in [3.63, 3.8) is 0 Å². The van der Waals surface area contributed by atoms with E-state index in [9.17, 15) is 0 Å². The second kappa shape index (κ2) is 4.69. The number of methoxy groups -OCH3 is 1. The molecule has 0 amide bonds. The highest BCUT2D eigenvalue weighted by Gasteiger charge is 2.11. The molecule has 0 saturated carbocycles. The molecule has 0 aliphatic rings. The number of halogens is 1. The van der Waals surface area contributed by atoms with Gasteiger partial charge in [-0.3, -0.25) is 0 Å². The normalized spacial score (nSPS) is 10.4. The van der Waals surface area contributed by atoms with Crippen molar-refractivity contribution < 1.29 is 9.47 Å². The van der Waals surface area contributed by atoms with Crippen LogP contribution in [0.1, 0.15) is 19.4 Å². The van der Waals surface area contributed by atoms with E-state index in [-0.39, 0.29) is 6.10 Å². The zero-order valence-electron chi connectivity index (χ0n) is 8.93. The SMILES string of the molecule is COc1cc(C)cc(Br)c1OC(C)C. The molecule has 14 heavy (non-hydrogen) atoms. The maximum atomic E-state index is 5.65. The molecule has 0 unspecified atom stereocenters. The zero-order valence-corrected chi connectivity index (χ0v) is 10.5. The molecular weight excluding hydrogens is 244 g/mol. The van der Waals surface area contributed by atoms with Gasteiger partial charge in [-0.1, -0.05) is 0 Å². The van der Waals surface area contributed by atoms with Gasteiger partial charge < -0.3 is 9.47 Å². The van der Waals surface area contributed by atoms with Crippen LogP contribution in [0.2, 0.25) is 0 Å². The molecule has 0 aromatic heterocycles. The van der Waals surface area contributed by atoms with Gasteiger partial charge in [0.2, 0.25) is 0 Å². The van der Waals surface area contributed by atoms with Gasteiger partial charge in [-0.2, -0.15) is 0 Å². The number of ether oxygens (including phenoxy) is 2. The van der Waals surface area contributed by atoms with Crippen LogP contribution < -0.4 is 9.47 Å². The maximum Gasteiger partial charge on any atom is 0.175 e. The molecule has 0 spiro atoms. The standard InChI is InChI=1S/C11H15BrO2/c1-7(2)14-11-9(12)5-8(3)6-10(11)13-4/h5-7H,1-4H3. The molecule has 0 bridgehead atoms. The van der Waals surface area contributed by atoms with Gasteiger partial charge in [-0.15, -0.1) is 0 Å². The number of hydrogen-bond acceptors (Lipinski definition) is 2. The molecule has 1 rings (SSSR count). The van der Waals surface area contributed by atoms with Crippen molar-refractivity contribution >= 4 is 15.9 Å². The Hall–Kier alpha value is -0.700. The van der Waals surface area contributed by atoms with Crippen molar-refractivity contribution in [2.24, 2.45) is 0 Å². The van der Waals surface area contributed by atoms with E-state index in [2.05, 4.69) is 15.9 Å². The van der Waals surface area contributed by atoms with Crippen LogP contribution in [0.5, 0.6) is 11.5 Å². The van der Waals surface area contributed by atoms with Crippen molar-refractivity contribution in [1.29, 1.82) is 0 Å². The molecule has 0 N–H and O–H groups in total. The molecule has 0 atom stereocenters. The van der Waals surface area contributed by atoms with Crippen LogP contribution >= 0.6 is 15.9 Å². The predicted octanol–water partition coefficient (Wildman–Crippen LogP) is 3.55. The summed E-state index contributed by atoms with van der Waals surface area (Å²) in [5.74, 6) is 1.54. The molecule has 0 aliphatic heterocycles. The van der Waals surface area contributed by atoms with Gasteiger partial charge in [0.1, 0.15) is 0 Å². The second-order valence-corrected chi connectivity index (χ2v) is 4.30. The molecule has 3 heteroatoms. The van der Waals surface area contributed by atoms with Crippen molar-refractivity contribution in [2.75, 3.05) is 7.11 Å². The Morgan fingerprint density at radius 3 is 2.43 bits per heavy atom. The fourth-order valence-corrected chi connectivity index (χ4v) is 1.85. The van der Waals surface area contributed by atoms with Gasteiger partial charge in [0, 0.05) is 0 Å². The summed E-state index contributed by atoms with van der Waals surface area (Å²) in [6.45, 7) is 6.00. The molecule has 1 aromatic carbocycles. The fourth-order valence-electron chi connectivity index (χ4n) is 1.20. The molecule has 0 heterocycles. The van der Waals surface area contributed by atoms with Gasteiger partial charge in [0.25, 0.3) is 0 Å². The van der Waals surface area contributed by atoms with Crippen LogP contribution in [0, 0.1) is 6.92 Å². The Labute approximate surface area is 93.4 Å². The third-order valence-corrected chi connectivity index (χ3v) is 2.32. The lowest BCUT2D eigenvalue weighted by Gasteiger charge is -2.15. The van der Waals surface area contributed by atoms with E-state index in [0.717, 1.165) is 21.5 Å². The summed E-state index contributed by atoms with van der Waals surface area (Å²) < 4.78 is 11.8. The summed E-state index contributed by atoms with van der Waals surface area (Å²) in [6.07, 6.45) is 0.142. The van der Waals surface area contributed by atoms with Crippen LogP contribution in [0.4, 0.5) is 0 Å². The largest absolute Gasteiger partial charge is 0.493 e. The highest BCUT2D eigenvalue weighted by Crippen LogP contribution is 2.36. The first-order chi connectivity index (χ1) is 6.54. The third kappa shape index (κ3) is 2.64. The van der Waals surface area contributed by atoms with Crippen LogP contribution in [-0.2, 0) is 0 Å². The minimum absolute atomic E-state index is 0.142. The average molecular weight is 259 g/mol. The van der Waals surface area contributed by atoms with E-state index >= 15 is 0 Å². The van der Waals surface area contributed by atoms with E-state index in [1.807, 2.05) is 32.9 Å². The molecule has 2 nitrogen and oxygen atoms in total. The van der Waals surface area contributed by atoms with E-state index in [0.29, 0.717) is 0 Å². The number of aryl methyl sites for hydroxylation is 1. The predicted molar refractivity (Wildman–Crippen MR) is 61.2 cm³/mol. The van der Waals surface area contributed by atoms with Gasteiger partial charge in [0.15, 0.2) is 11.5 Å². The molecule has 0 aliphatic carbocycles. The second-order valence-electron chi connectivity index (χ2n) is 3.44. The molecule has 78 valence electrons. The van der Waals surface area contributed by atoms with Crippen molar-refractivity contribution in [3.8, 4) is 11.5 Å². The lowest BCUT2D eigenvalue weighted by molar-refractivity contribution is 0.228. The fraction of sp³-hybridized carbons (Fsp3) is 0.455. The number of hydrogen-bond donors (Lipinski definition) is 0. The van der Waals surface area contributed by atoms with Crippen LogP contribution in [-0.4, -0.2) is 13.2 Å². The Morgan fingerprint density at radius 1 is 1.29 bits per heavy atom. The minimum Gasteiger partial charge on any atom is -0.493 e. The Bertz CT molecular complexity index is 321. The minimum atomic E-state index is 0.142. The maximum absolute atomic E-state index is 5.65. The third-order valence-electron chi connectivity index (χ3n) is 1.73. The van der Waals surface area contributed by atoms with E-state index < -0.39 is 0 Å². The quantitative estimate of drug-likeness (QED) is 0.826. The Morgan fingerprint density at radius 2 is 1.93 bits per heavy atom. The smallest absolute Gasteiger partial charge is 0.175 e. The number of benzene rings is 1. The van der Waals surface area contributed by atoms with Gasteiger partial charge in [-0.25, -0.2) is 0 Å². The monoisotopic (exact) mass is 258 g/mol. The topological polar surface area (TPSA) is 18.5 Å². The summed E-state index contributed by atoms with van der Waals surface area (Å²) in [5.41, 5.74) is 1.14. The lowest BCUT2D eigenvalue weighted by atomic mass is 10.2. The molecule has 0 fully saturated rings. The van der Waals surface area contributed by atoms with Crippen molar-refractivity contribution in [3.05, 3.63) is 22.2 Å². The summed E-state index contributed by atoms with van der Waals surface area (Å²) in [4.78, 5) is 0. The van der Waals surface area contributed by atoms with E-state index in [1.165, 1.54) is 0 Å². The first kappa shape index (κ1) is 11.4. The summed E-state index contributed by atoms with van der Waals surface area (Å²) in [5, 5.41) is 0. The highest BCUT2D eigenvalue weighted by molar-refractivity contribution is 9.10. The first-order valence-electron chi connectivity index (χ1n) is 4.55. The zero-order chi connectivity index (χ0) is 10.7. The van der Waals surface area contributed by atoms with Gasteiger partial charge in [-0.05, 0) is 54.4 Å². The van der Waals surface area contributed by atoms with E-state index in [4.69, 9.17) is 9.47 Å². The molecule has 0 saturated heterocycles. The Balaban J connectivity index is 3.11. The molecule has 1 aromatic rings. The molecular formula is C11H15BrO2. The van der Waals surface area contributed by atoms with Crippen LogP contribution in [0.25, 0.3) is 0 Å².